The first-order valence-electron chi connectivity index (χ1n) is 9.43. The number of thioether (sulfide) groups is 2. The largest absolute Gasteiger partial charge is 0.342 e. The van der Waals surface area contributed by atoms with E-state index in [1.165, 1.54) is 18.2 Å². The Labute approximate surface area is 167 Å². The van der Waals surface area contributed by atoms with Gasteiger partial charge in [0.25, 0.3) is 5.56 Å². The number of aromatic nitrogens is 2. The van der Waals surface area contributed by atoms with Crippen molar-refractivity contribution in [1.82, 2.24) is 14.5 Å². The molecule has 4 rings (SSSR count). The first-order chi connectivity index (χ1) is 13.2. The van der Waals surface area contributed by atoms with Crippen LogP contribution in [0.5, 0.6) is 0 Å². The van der Waals surface area contributed by atoms with Gasteiger partial charge in [-0.05, 0) is 24.8 Å². The van der Waals surface area contributed by atoms with E-state index in [1.807, 2.05) is 35.2 Å². The molecule has 0 saturated carbocycles. The molecule has 27 heavy (non-hydrogen) atoms. The van der Waals surface area contributed by atoms with E-state index in [0.29, 0.717) is 17.5 Å². The summed E-state index contributed by atoms with van der Waals surface area (Å²) < 4.78 is 1.74. The molecule has 0 N–H and O–H groups in total. The fraction of sp³-hybridized carbons (Fsp3) is 0.450. The monoisotopic (exact) mass is 401 g/mol. The fourth-order valence-electron chi connectivity index (χ4n) is 3.50. The maximum absolute atomic E-state index is 13.0. The van der Waals surface area contributed by atoms with Crippen LogP contribution in [-0.4, -0.2) is 45.0 Å². The van der Waals surface area contributed by atoms with Crippen molar-refractivity contribution in [3.05, 3.63) is 51.9 Å². The highest BCUT2D eigenvalue weighted by Gasteiger charge is 2.23. The second-order valence-corrected chi connectivity index (χ2v) is 8.92. The molecule has 1 saturated heterocycles. The molecule has 1 aromatic heterocycles. The standard InChI is InChI=1S/C20H23N3O2S2/c24-17(22-10-5-2-6-11-22)14-27-20-21-16-9-12-26-18(16)19(25)23(20)13-15-7-3-1-4-8-15/h1,3-4,7-8H,2,5-6,9-14H2. The number of fused-ring (bicyclic) bond motifs is 1. The van der Waals surface area contributed by atoms with Crippen LogP contribution in [-0.2, 0) is 17.8 Å². The fourth-order valence-corrected chi connectivity index (χ4v) is 5.46. The van der Waals surface area contributed by atoms with Gasteiger partial charge in [-0.25, -0.2) is 4.98 Å². The van der Waals surface area contributed by atoms with E-state index in [1.54, 1.807) is 16.3 Å². The Kier molecular flexibility index (Phi) is 5.88. The van der Waals surface area contributed by atoms with Crippen molar-refractivity contribution in [3.8, 4) is 0 Å². The number of likely N-dealkylation sites (tertiary alicyclic amines) is 1. The van der Waals surface area contributed by atoms with Crippen molar-refractivity contribution in [2.75, 3.05) is 24.6 Å². The highest BCUT2D eigenvalue weighted by atomic mass is 32.2. The van der Waals surface area contributed by atoms with E-state index in [2.05, 4.69) is 0 Å². The number of hydrogen-bond acceptors (Lipinski definition) is 5. The third kappa shape index (κ3) is 4.24. The zero-order valence-electron chi connectivity index (χ0n) is 15.2. The first-order valence-corrected chi connectivity index (χ1v) is 11.4. The van der Waals surface area contributed by atoms with Crippen molar-refractivity contribution in [2.45, 2.75) is 42.3 Å². The summed E-state index contributed by atoms with van der Waals surface area (Å²) in [5.74, 6) is 1.40. The summed E-state index contributed by atoms with van der Waals surface area (Å²) in [6, 6.07) is 9.95. The average molecular weight is 402 g/mol. The van der Waals surface area contributed by atoms with Gasteiger partial charge >= 0.3 is 0 Å². The number of hydrogen-bond donors (Lipinski definition) is 0. The van der Waals surface area contributed by atoms with Gasteiger partial charge in [0.2, 0.25) is 5.91 Å². The molecule has 0 atom stereocenters. The minimum atomic E-state index is 0.0271. The number of piperidine rings is 1. The van der Waals surface area contributed by atoms with E-state index in [0.717, 1.165) is 54.3 Å². The van der Waals surface area contributed by atoms with Gasteiger partial charge in [-0.2, -0.15) is 0 Å². The smallest absolute Gasteiger partial charge is 0.268 e. The Balaban J connectivity index is 1.57. The summed E-state index contributed by atoms with van der Waals surface area (Å²) in [4.78, 5) is 33.1. The molecule has 2 aromatic rings. The molecule has 142 valence electrons. The molecule has 1 fully saturated rings. The molecule has 3 heterocycles. The van der Waals surface area contributed by atoms with Crippen molar-refractivity contribution in [3.63, 3.8) is 0 Å². The molecule has 1 amide bonds. The Morgan fingerprint density at radius 3 is 2.70 bits per heavy atom. The third-order valence-electron chi connectivity index (χ3n) is 4.97. The van der Waals surface area contributed by atoms with E-state index < -0.39 is 0 Å². The highest BCUT2D eigenvalue weighted by molar-refractivity contribution is 8.00. The number of carbonyl (C=O) groups excluding carboxylic acids is 1. The quantitative estimate of drug-likeness (QED) is 0.569. The lowest BCUT2D eigenvalue weighted by Gasteiger charge is -2.26. The molecule has 2 aliphatic heterocycles. The lowest BCUT2D eigenvalue weighted by atomic mass is 10.1. The molecule has 5 nitrogen and oxygen atoms in total. The van der Waals surface area contributed by atoms with Crippen LogP contribution < -0.4 is 5.56 Å². The molecular weight excluding hydrogens is 378 g/mol. The molecule has 2 aliphatic rings. The number of nitrogens with zero attached hydrogens (tertiary/aromatic N) is 3. The SMILES string of the molecule is O=C(CSc1nc2c(c(=O)n1Cc1ccccc1)SCC2)N1CCCCC1. The van der Waals surface area contributed by atoms with Gasteiger partial charge in [-0.15, -0.1) is 11.8 Å². The van der Waals surface area contributed by atoms with Crippen molar-refractivity contribution >= 4 is 29.4 Å². The minimum absolute atomic E-state index is 0.0271. The summed E-state index contributed by atoms with van der Waals surface area (Å²) in [7, 11) is 0. The van der Waals surface area contributed by atoms with Crippen LogP contribution in [0.1, 0.15) is 30.5 Å². The zero-order chi connectivity index (χ0) is 18.6. The molecule has 1 aromatic carbocycles. The second kappa shape index (κ2) is 8.52. The number of carbonyl (C=O) groups is 1. The second-order valence-electron chi connectivity index (χ2n) is 6.88. The van der Waals surface area contributed by atoms with Gasteiger partial charge in [0.1, 0.15) is 0 Å². The maximum atomic E-state index is 13.0. The van der Waals surface area contributed by atoms with Crippen LogP contribution in [0.15, 0.2) is 45.2 Å². The topological polar surface area (TPSA) is 55.2 Å². The van der Waals surface area contributed by atoms with Gasteiger partial charge < -0.3 is 4.90 Å². The Morgan fingerprint density at radius 1 is 1.15 bits per heavy atom. The number of benzene rings is 1. The van der Waals surface area contributed by atoms with Crippen molar-refractivity contribution < 1.29 is 4.79 Å². The summed E-state index contributed by atoms with van der Waals surface area (Å²) in [6.07, 6.45) is 4.21. The predicted octanol–water partition coefficient (Wildman–Crippen LogP) is 3.04. The van der Waals surface area contributed by atoms with Gasteiger partial charge in [0.05, 0.1) is 22.9 Å². The number of amides is 1. The molecule has 0 aliphatic carbocycles. The van der Waals surface area contributed by atoms with E-state index in [-0.39, 0.29) is 11.5 Å². The van der Waals surface area contributed by atoms with Crippen LogP contribution in [0.25, 0.3) is 0 Å². The molecule has 0 spiro atoms. The van der Waals surface area contributed by atoms with Crippen LogP contribution in [0.3, 0.4) is 0 Å². The predicted molar refractivity (Wildman–Crippen MR) is 110 cm³/mol. The lowest BCUT2D eigenvalue weighted by Crippen LogP contribution is -2.37. The lowest BCUT2D eigenvalue weighted by molar-refractivity contribution is -0.129. The van der Waals surface area contributed by atoms with Crippen LogP contribution >= 0.6 is 23.5 Å². The number of aryl methyl sites for hydroxylation is 1. The third-order valence-corrected chi connectivity index (χ3v) is 7.03. The summed E-state index contributed by atoms with van der Waals surface area (Å²) >= 11 is 2.99. The van der Waals surface area contributed by atoms with E-state index >= 15 is 0 Å². The van der Waals surface area contributed by atoms with E-state index in [4.69, 9.17) is 4.98 Å². The van der Waals surface area contributed by atoms with Gasteiger partial charge in [-0.3, -0.25) is 14.2 Å². The van der Waals surface area contributed by atoms with Crippen LogP contribution in [0.2, 0.25) is 0 Å². The molecule has 0 bridgehead atoms. The molecule has 0 radical (unpaired) electrons. The van der Waals surface area contributed by atoms with E-state index in [9.17, 15) is 9.59 Å². The van der Waals surface area contributed by atoms with Crippen LogP contribution in [0.4, 0.5) is 0 Å². The summed E-state index contributed by atoms with van der Waals surface area (Å²) in [5, 5.41) is 0.662. The van der Waals surface area contributed by atoms with Crippen molar-refractivity contribution in [1.29, 1.82) is 0 Å². The van der Waals surface area contributed by atoms with Gasteiger partial charge in [0.15, 0.2) is 5.16 Å². The Bertz CT molecular complexity index is 877. The van der Waals surface area contributed by atoms with Crippen LogP contribution in [0, 0.1) is 0 Å². The molecule has 0 unspecified atom stereocenters. The van der Waals surface area contributed by atoms with Crippen molar-refractivity contribution in [2.24, 2.45) is 0 Å². The first kappa shape index (κ1) is 18.6. The number of rotatable bonds is 5. The maximum Gasteiger partial charge on any atom is 0.268 e. The highest BCUT2D eigenvalue weighted by Crippen LogP contribution is 2.29. The normalized spacial score (nSPS) is 16.4. The molecule has 7 heteroatoms. The zero-order valence-corrected chi connectivity index (χ0v) is 16.9. The molecular formula is C20H23N3O2S2. The summed E-state index contributed by atoms with van der Waals surface area (Å²) in [6.45, 7) is 2.19. The average Bonchev–Trinajstić information content (AvgIpc) is 3.19. The van der Waals surface area contributed by atoms with Gasteiger partial charge in [0, 0.05) is 25.3 Å². The Morgan fingerprint density at radius 2 is 1.93 bits per heavy atom. The van der Waals surface area contributed by atoms with Gasteiger partial charge in [-0.1, -0.05) is 42.1 Å². The minimum Gasteiger partial charge on any atom is -0.342 e. The summed E-state index contributed by atoms with van der Waals surface area (Å²) in [5.41, 5.74) is 1.98. The Hall–Kier alpha value is -1.73.